The fraction of sp³-hybridized carbons (Fsp3) is 0.263. The number of anilines is 1. The van der Waals surface area contributed by atoms with Crippen molar-refractivity contribution in [3.8, 4) is 5.75 Å². The molecule has 0 radical (unpaired) electrons. The molecular weight excluding hydrogens is 384 g/mol. The summed E-state index contributed by atoms with van der Waals surface area (Å²) in [5, 5.41) is 2.62. The quantitative estimate of drug-likeness (QED) is 0.707. The number of esters is 1. The van der Waals surface area contributed by atoms with E-state index in [9.17, 15) is 18.0 Å². The van der Waals surface area contributed by atoms with E-state index in [1.807, 2.05) is 0 Å². The number of hydrogen-bond donors (Lipinski definition) is 1. The van der Waals surface area contributed by atoms with E-state index in [0.717, 1.165) is 4.31 Å². The van der Waals surface area contributed by atoms with Gasteiger partial charge in [-0.3, -0.25) is 4.79 Å². The SMILES string of the molecule is COc1ccccc1NC(=O)[C@@H](C)OC(=O)c1cccc(S(=O)(=O)N(C)C)c1. The van der Waals surface area contributed by atoms with Crippen LogP contribution in [-0.2, 0) is 19.6 Å². The first kappa shape index (κ1) is 21.4. The van der Waals surface area contributed by atoms with Gasteiger partial charge in [-0.25, -0.2) is 17.5 Å². The molecule has 0 saturated heterocycles. The van der Waals surface area contributed by atoms with Crippen molar-refractivity contribution in [2.75, 3.05) is 26.5 Å². The molecule has 0 saturated carbocycles. The normalized spacial score (nSPS) is 12.3. The van der Waals surface area contributed by atoms with Crippen LogP contribution in [0.3, 0.4) is 0 Å². The summed E-state index contributed by atoms with van der Waals surface area (Å²) >= 11 is 0. The van der Waals surface area contributed by atoms with Gasteiger partial charge in [-0.1, -0.05) is 18.2 Å². The molecule has 0 spiro atoms. The van der Waals surface area contributed by atoms with Crippen LogP contribution in [0, 0.1) is 0 Å². The summed E-state index contributed by atoms with van der Waals surface area (Å²) in [6, 6.07) is 12.3. The molecule has 1 N–H and O–H groups in total. The minimum absolute atomic E-state index is 0.0277. The molecule has 1 atom stereocenters. The molecule has 0 aliphatic rings. The Morgan fingerprint density at radius 2 is 1.75 bits per heavy atom. The molecule has 2 rings (SSSR count). The van der Waals surface area contributed by atoms with Crippen molar-refractivity contribution < 1.29 is 27.5 Å². The Balaban J connectivity index is 2.11. The number of rotatable bonds is 7. The lowest BCUT2D eigenvalue weighted by molar-refractivity contribution is -0.123. The van der Waals surface area contributed by atoms with Crippen molar-refractivity contribution in [1.82, 2.24) is 4.31 Å². The second kappa shape index (κ2) is 8.85. The molecule has 8 nitrogen and oxygen atoms in total. The van der Waals surface area contributed by atoms with Gasteiger partial charge < -0.3 is 14.8 Å². The molecule has 28 heavy (non-hydrogen) atoms. The average molecular weight is 406 g/mol. The van der Waals surface area contributed by atoms with Crippen molar-refractivity contribution in [3.63, 3.8) is 0 Å². The summed E-state index contributed by atoms with van der Waals surface area (Å²) < 4.78 is 35.8. The Morgan fingerprint density at radius 1 is 1.07 bits per heavy atom. The van der Waals surface area contributed by atoms with Crippen LogP contribution in [0.5, 0.6) is 5.75 Å². The van der Waals surface area contributed by atoms with Crippen molar-refractivity contribution in [1.29, 1.82) is 0 Å². The van der Waals surface area contributed by atoms with Gasteiger partial charge in [0.25, 0.3) is 5.91 Å². The molecule has 150 valence electrons. The number of nitrogens with one attached hydrogen (secondary N) is 1. The number of amides is 1. The first-order valence-electron chi connectivity index (χ1n) is 8.34. The maximum atomic E-state index is 12.3. The zero-order chi connectivity index (χ0) is 20.9. The lowest BCUT2D eigenvalue weighted by Crippen LogP contribution is -2.30. The molecule has 0 fully saturated rings. The second-order valence-corrected chi connectivity index (χ2v) is 8.20. The first-order valence-corrected chi connectivity index (χ1v) is 9.78. The molecule has 0 bridgehead atoms. The van der Waals surface area contributed by atoms with Crippen LogP contribution >= 0.6 is 0 Å². The topological polar surface area (TPSA) is 102 Å². The summed E-state index contributed by atoms with van der Waals surface area (Å²) in [5.41, 5.74) is 0.469. The van der Waals surface area contributed by atoms with Gasteiger partial charge in [-0.2, -0.15) is 0 Å². The van der Waals surface area contributed by atoms with Crippen LogP contribution in [0.1, 0.15) is 17.3 Å². The molecule has 1 amide bonds. The molecular formula is C19H22N2O6S. The zero-order valence-corrected chi connectivity index (χ0v) is 16.8. The summed E-state index contributed by atoms with van der Waals surface area (Å²) in [7, 11) is 0.569. The van der Waals surface area contributed by atoms with Crippen molar-refractivity contribution in [3.05, 3.63) is 54.1 Å². The van der Waals surface area contributed by atoms with Crippen LogP contribution in [0.2, 0.25) is 0 Å². The monoisotopic (exact) mass is 406 g/mol. The summed E-state index contributed by atoms with van der Waals surface area (Å²) in [4.78, 5) is 24.6. The Labute approximate surface area is 164 Å². The molecule has 9 heteroatoms. The van der Waals surface area contributed by atoms with Crippen LogP contribution in [0.25, 0.3) is 0 Å². The fourth-order valence-corrected chi connectivity index (χ4v) is 3.21. The summed E-state index contributed by atoms with van der Waals surface area (Å²) in [5.74, 6) is -0.885. The van der Waals surface area contributed by atoms with Crippen LogP contribution in [0.4, 0.5) is 5.69 Å². The van der Waals surface area contributed by atoms with Gasteiger partial charge >= 0.3 is 5.97 Å². The summed E-state index contributed by atoms with van der Waals surface area (Å²) in [6.45, 7) is 1.42. The highest BCUT2D eigenvalue weighted by Gasteiger charge is 2.22. The maximum absolute atomic E-state index is 12.3. The number of sulfonamides is 1. The number of carbonyl (C=O) groups is 2. The predicted octanol–water partition coefficient (Wildman–Crippen LogP) is 2.13. The Kier molecular flexibility index (Phi) is 6.76. The standard InChI is InChI=1S/C19H22N2O6S/c1-13(18(22)20-16-10-5-6-11-17(16)26-4)27-19(23)14-8-7-9-15(12-14)28(24,25)21(2)3/h5-13H,1-4H3,(H,20,22)/t13-/m1/s1. The third kappa shape index (κ3) is 4.87. The second-order valence-electron chi connectivity index (χ2n) is 6.05. The van der Waals surface area contributed by atoms with E-state index >= 15 is 0 Å². The number of methoxy groups -OCH3 is 1. The van der Waals surface area contributed by atoms with Gasteiger partial charge in [-0.05, 0) is 37.3 Å². The third-order valence-electron chi connectivity index (χ3n) is 3.87. The maximum Gasteiger partial charge on any atom is 0.338 e. The van der Waals surface area contributed by atoms with Gasteiger partial charge in [0, 0.05) is 14.1 Å². The van der Waals surface area contributed by atoms with E-state index in [-0.39, 0.29) is 10.5 Å². The third-order valence-corrected chi connectivity index (χ3v) is 5.68. The number of para-hydroxylation sites is 2. The van der Waals surface area contributed by atoms with Crippen molar-refractivity contribution in [2.24, 2.45) is 0 Å². The largest absolute Gasteiger partial charge is 0.495 e. The van der Waals surface area contributed by atoms with E-state index in [1.54, 1.807) is 24.3 Å². The Morgan fingerprint density at radius 3 is 2.39 bits per heavy atom. The number of carbonyl (C=O) groups excluding carboxylic acids is 2. The minimum Gasteiger partial charge on any atom is -0.495 e. The van der Waals surface area contributed by atoms with Crippen LogP contribution in [0.15, 0.2) is 53.4 Å². The van der Waals surface area contributed by atoms with Gasteiger partial charge in [-0.15, -0.1) is 0 Å². The average Bonchev–Trinajstić information content (AvgIpc) is 2.68. The highest BCUT2D eigenvalue weighted by Crippen LogP contribution is 2.23. The number of nitrogens with zero attached hydrogens (tertiary/aromatic N) is 1. The highest BCUT2D eigenvalue weighted by atomic mass is 32.2. The lowest BCUT2D eigenvalue weighted by atomic mass is 10.2. The van der Waals surface area contributed by atoms with E-state index in [0.29, 0.717) is 11.4 Å². The van der Waals surface area contributed by atoms with Crippen molar-refractivity contribution in [2.45, 2.75) is 17.9 Å². The molecule has 0 aliphatic carbocycles. The van der Waals surface area contributed by atoms with E-state index < -0.39 is 28.0 Å². The molecule has 0 aromatic heterocycles. The molecule has 0 aliphatic heterocycles. The zero-order valence-electron chi connectivity index (χ0n) is 16.0. The number of benzene rings is 2. The highest BCUT2D eigenvalue weighted by molar-refractivity contribution is 7.89. The van der Waals surface area contributed by atoms with Crippen LogP contribution in [-0.4, -0.2) is 51.9 Å². The van der Waals surface area contributed by atoms with Gasteiger partial charge in [0.1, 0.15) is 5.75 Å². The Bertz CT molecular complexity index is 972. The van der Waals surface area contributed by atoms with Gasteiger partial charge in [0.2, 0.25) is 10.0 Å². The van der Waals surface area contributed by atoms with Gasteiger partial charge in [0.15, 0.2) is 6.10 Å². The lowest BCUT2D eigenvalue weighted by Gasteiger charge is -2.16. The number of ether oxygens (including phenoxy) is 2. The van der Waals surface area contributed by atoms with Crippen molar-refractivity contribution >= 4 is 27.6 Å². The number of hydrogen-bond acceptors (Lipinski definition) is 6. The van der Waals surface area contributed by atoms with E-state index in [2.05, 4.69) is 5.32 Å². The van der Waals surface area contributed by atoms with E-state index in [1.165, 1.54) is 52.4 Å². The van der Waals surface area contributed by atoms with Gasteiger partial charge in [0.05, 0.1) is 23.3 Å². The molecule has 2 aromatic carbocycles. The molecule has 2 aromatic rings. The summed E-state index contributed by atoms with van der Waals surface area (Å²) in [6.07, 6.45) is -1.11. The molecule has 0 unspecified atom stereocenters. The minimum atomic E-state index is -3.69. The smallest absolute Gasteiger partial charge is 0.338 e. The predicted molar refractivity (Wildman–Crippen MR) is 104 cm³/mol. The van der Waals surface area contributed by atoms with Crippen LogP contribution < -0.4 is 10.1 Å². The Hall–Kier alpha value is -2.91. The fourth-order valence-electron chi connectivity index (χ4n) is 2.26. The molecule has 0 heterocycles. The first-order chi connectivity index (χ1) is 13.2. The van der Waals surface area contributed by atoms with E-state index in [4.69, 9.17) is 9.47 Å².